The van der Waals surface area contributed by atoms with E-state index in [4.69, 9.17) is 0 Å². The molecule has 5 heteroatoms. The van der Waals surface area contributed by atoms with Crippen molar-refractivity contribution >= 4 is 11.6 Å². The molecule has 0 fully saturated rings. The number of benzene rings is 2. The zero-order valence-electron chi connectivity index (χ0n) is 13.4. The Bertz CT molecular complexity index is 822. The number of anilines is 1. The van der Waals surface area contributed by atoms with Gasteiger partial charge in [-0.05, 0) is 38.1 Å². The molecular formula is C18H18N4O. The second-order valence-electron chi connectivity index (χ2n) is 5.47. The Morgan fingerprint density at radius 1 is 1.00 bits per heavy atom. The summed E-state index contributed by atoms with van der Waals surface area (Å²) in [6, 6.07) is 17.4. The summed E-state index contributed by atoms with van der Waals surface area (Å²) in [4.78, 5) is 14.3. The van der Waals surface area contributed by atoms with E-state index in [0.717, 1.165) is 17.1 Å². The topological polar surface area (TPSA) is 51.0 Å². The molecular weight excluding hydrogens is 288 g/mol. The number of nitrogens with zero attached hydrogens (tertiary/aromatic N) is 4. The van der Waals surface area contributed by atoms with E-state index < -0.39 is 0 Å². The van der Waals surface area contributed by atoms with Crippen molar-refractivity contribution in [3.05, 3.63) is 71.5 Å². The maximum Gasteiger partial charge on any atom is 0.280 e. The van der Waals surface area contributed by atoms with Crippen molar-refractivity contribution in [1.82, 2.24) is 15.0 Å². The van der Waals surface area contributed by atoms with Crippen LogP contribution in [-0.4, -0.2) is 27.9 Å². The third-order valence-electron chi connectivity index (χ3n) is 3.82. The number of para-hydroxylation sites is 1. The molecule has 1 heterocycles. The summed E-state index contributed by atoms with van der Waals surface area (Å²) in [6.07, 6.45) is 0. The summed E-state index contributed by atoms with van der Waals surface area (Å²) in [5.74, 6) is -0.174. The van der Waals surface area contributed by atoms with Crippen LogP contribution in [0.2, 0.25) is 0 Å². The van der Waals surface area contributed by atoms with Crippen LogP contribution in [0.1, 0.15) is 21.7 Å². The molecule has 0 radical (unpaired) electrons. The van der Waals surface area contributed by atoms with Crippen LogP contribution in [0.5, 0.6) is 0 Å². The molecule has 0 N–H and O–H groups in total. The van der Waals surface area contributed by atoms with Crippen molar-refractivity contribution in [1.29, 1.82) is 0 Å². The first kappa shape index (κ1) is 15.0. The summed E-state index contributed by atoms with van der Waals surface area (Å²) >= 11 is 0. The second-order valence-corrected chi connectivity index (χ2v) is 5.47. The lowest BCUT2D eigenvalue weighted by Crippen LogP contribution is -2.27. The van der Waals surface area contributed by atoms with Gasteiger partial charge >= 0.3 is 0 Å². The van der Waals surface area contributed by atoms with E-state index in [1.54, 1.807) is 16.6 Å². The molecule has 1 amide bonds. The first-order chi connectivity index (χ1) is 11.1. The summed E-state index contributed by atoms with van der Waals surface area (Å²) in [6.45, 7) is 3.88. The molecule has 0 bridgehead atoms. The normalized spacial score (nSPS) is 10.6. The van der Waals surface area contributed by atoms with Crippen molar-refractivity contribution in [3.63, 3.8) is 0 Å². The van der Waals surface area contributed by atoms with Gasteiger partial charge in [0.2, 0.25) is 0 Å². The predicted molar refractivity (Wildman–Crippen MR) is 90.0 cm³/mol. The highest BCUT2D eigenvalue weighted by atomic mass is 16.2. The molecule has 116 valence electrons. The number of carbonyl (C=O) groups excluding carboxylic acids is 1. The molecule has 0 saturated carbocycles. The van der Waals surface area contributed by atoms with Crippen LogP contribution in [-0.2, 0) is 0 Å². The van der Waals surface area contributed by atoms with E-state index in [2.05, 4.69) is 10.3 Å². The lowest BCUT2D eigenvalue weighted by molar-refractivity contribution is 0.0987. The monoisotopic (exact) mass is 306 g/mol. The average molecular weight is 306 g/mol. The van der Waals surface area contributed by atoms with Gasteiger partial charge in [0.05, 0.1) is 11.4 Å². The minimum atomic E-state index is -0.174. The number of carbonyl (C=O) groups is 1. The van der Waals surface area contributed by atoms with Crippen LogP contribution in [0.15, 0.2) is 54.6 Å². The van der Waals surface area contributed by atoms with Gasteiger partial charge in [-0.2, -0.15) is 0 Å². The first-order valence-electron chi connectivity index (χ1n) is 7.40. The predicted octanol–water partition coefficient (Wildman–Crippen LogP) is 3.16. The summed E-state index contributed by atoms with van der Waals surface area (Å²) in [5.41, 5.74) is 3.97. The fourth-order valence-electron chi connectivity index (χ4n) is 2.39. The fraction of sp³-hybridized carbons (Fsp3) is 0.167. The van der Waals surface area contributed by atoms with Crippen molar-refractivity contribution in [2.75, 3.05) is 11.9 Å². The van der Waals surface area contributed by atoms with Crippen LogP contribution in [0, 0.1) is 13.8 Å². The number of hydrogen-bond acceptors (Lipinski definition) is 3. The zero-order valence-corrected chi connectivity index (χ0v) is 13.4. The standard InChI is InChI=1S/C18H18N4O/c1-13-9-11-16(12-10-13)22-14(2)17(19-20-22)18(23)21(3)15-7-5-4-6-8-15/h4-12H,1-3H3. The van der Waals surface area contributed by atoms with Crippen LogP contribution >= 0.6 is 0 Å². The molecule has 1 aromatic heterocycles. The van der Waals surface area contributed by atoms with Crippen molar-refractivity contribution in [3.8, 4) is 5.69 Å². The highest BCUT2D eigenvalue weighted by Gasteiger charge is 2.21. The van der Waals surface area contributed by atoms with E-state index in [0.29, 0.717) is 5.69 Å². The van der Waals surface area contributed by atoms with Crippen LogP contribution in [0.4, 0.5) is 5.69 Å². The number of aromatic nitrogens is 3. The molecule has 0 aliphatic heterocycles. The van der Waals surface area contributed by atoms with Crippen LogP contribution in [0.3, 0.4) is 0 Å². The highest BCUT2D eigenvalue weighted by Crippen LogP contribution is 2.17. The molecule has 0 atom stereocenters. The van der Waals surface area contributed by atoms with Gasteiger partial charge in [0, 0.05) is 12.7 Å². The smallest absolute Gasteiger partial charge is 0.280 e. The Kier molecular flexibility index (Phi) is 3.93. The number of aryl methyl sites for hydroxylation is 1. The van der Waals surface area contributed by atoms with E-state index in [9.17, 15) is 4.79 Å². The van der Waals surface area contributed by atoms with Crippen LogP contribution in [0.25, 0.3) is 5.69 Å². The molecule has 3 aromatic rings. The highest BCUT2D eigenvalue weighted by molar-refractivity contribution is 6.05. The molecule has 23 heavy (non-hydrogen) atoms. The van der Waals surface area contributed by atoms with Gasteiger partial charge in [-0.15, -0.1) is 5.10 Å². The van der Waals surface area contributed by atoms with Crippen molar-refractivity contribution in [2.24, 2.45) is 0 Å². The maximum atomic E-state index is 12.7. The Balaban J connectivity index is 1.92. The first-order valence-corrected chi connectivity index (χ1v) is 7.40. The number of hydrogen-bond donors (Lipinski definition) is 0. The zero-order chi connectivity index (χ0) is 16.4. The average Bonchev–Trinajstić information content (AvgIpc) is 2.96. The Labute approximate surface area is 135 Å². The molecule has 2 aromatic carbocycles. The van der Waals surface area contributed by atoms with Gasteiger partial charge in [0.1, 0.15) is 0 Å². The lowest BCUT2D eigenvalue weighted by Gasteiger charge is -2.16. The Hall–Kier alpha value is -2.95. The third-order valence-corrected chi connectivity index (χ3v) is 3.82. The quantitative estimate of drug-likeness (QED) is 0.747. The molecule has 0 unspecified atom stereocenters. The van der Waals surface area contributed by atoms with E-state index >= 15 is 0 Å². The minimum absolute atomic E-state index is 0.174. The summed E-state index contributed by atoms with van der Waals surface area (Å²) in [7, 11) is 1.74. The van der Waals surface area contributed by atoms with E-state index in [1.165, 1.54) is 5.56 Å². The van der Waals surface area contributed by atoms with Gasteiger partial charge in [-0.25, -0.2) is 4.68 Å². The Morgan fingerprint density at radius 3 is 2.30 bits per heavy atom. The molecule has 0 aliphatic carbocycles. The van der Waals surface area contributed by atoms with Crippen LogP contribution < -0.4 is 4.90 Å². The van der Waals surface area contributed by atoms with E-state index in [-0.39, 0.29) is 5.91 Å². The van der Waals surface area contributed by atoms with Gasteiger partial charge in [-0.1, -0.05) is 41.1 Å². The summed E-state index contributed by atoms with van der Waals surface area (Å²) in [5, 5.41) is 8.21. The second kappa shape index (κ2) is 6.04. The summed E-state index contributed by atoms with van der Waals surface area (Å²) < 4.78 is 1.69. The molecule has 5 nitrogen and oxygen atoms in total. The van der Waals surface area contributed by atoms with Gasteiger partial charge in [0.15, 0.2) is 5.69 Å². The van der Waals surface area contributed by atoms with Gasteiger partial charge < -0.3 is 4.90 Å². The minimum Gasteiger partial charge on any atom is -0.310 e. The van der Waals surface area contributed by atoms with Gasteiger partial charge in [0.25, 0.3) is 5.91 Å². The lowest BCUT2D eigenvalue weighted by atomic mass is 10.2. The largest absolute Gasteiger partial charge is 0.310 e. The Morgan fingerprint density at radius 2 is 1.65 bits per heavy atom. The molecule has 0 spiro atoms. The SMILES string of the molecule is Cc1ccc(-n2nnc(C(=O)N(C)c3ccccc3)c2C)cc1. The van der Waals surface area contributed by atoms with Crippen molar-refractivity contribution in [2.45, 2.75) is 13.8 Å². The number of amides is 1. The maximum absolute atomic E-state index is 12.7. The van der Waals surface area contributed by atoms with Crippen molar-refractivity contribution < 1.29 is 4.79 Å². The molecule has 0 aliphatic rings. The molecule has 0 saturated heterocycles. The van der Waals surface area contributed by atoms with E-state index in [1.807, 2.05) is 68.4 Å². The van der Waals surface area contributed by atoms with Gasteiger partial charge in [-0.3, -0.25) is 4.79 Å². The molecule has 3 rings (SSSR count). The third kappa shape index (κ3) is 2.85. The number of rotatable bonds is 3. The fourth-order valence-corrected chi connectivity index (χ4v) is 2.39.